The maximum absolute atomic E-state index is 5.81. The van der Waals surface area contributed by atoms with E-state index in [2.05, 4.69) is 60.7 Å². The van der Waals surface area contributed by atoms with Crippen molar-refractivity contribution in [2.45, 2.75) is 32.3 Å². The van der Waals surface area contributed by atoms with Crippen LogP contribution >= 0.6 is 0 Å². The molecule has 0 saturated heterocycles. The number of hydrogen-bond acceptors (Lipinski definition) is 1. The first-order valence-electron chi connectivity index (χ1n) is 8.28. The normalized spacial score (nSPS) is 18.0. The van der Waals surface area contributed by atoms with Crippen LogP contribution in [-0.4, -0.2) is 6.61 Å². The zero-order chi connectivity index (χ0) is 15.0. The predicted octanol–water partition coefficient (Wildman–Crippen LogP) is 5.48. The Bertz CT molecular complexity index is 586. The Morgan fingerprint density at radius 3 is 2.32 bits per heavy atom. The Labute approximate surface area is 133 Å². The average molecular weight is 292 g/mol. The fourth-order valence-corrected chi connectivity index (χ4v) is 3.08. The lowest BCUT2D eigenvalue weighted by molar-refractivity contribution is 0.106. The van der Waals surface area contributed by atoms with Gasteiger partial charge < -0.3 is 4.74 Å². The zero-order valence-electron chi connectivity index (χ0n) is 13.1. The van der Waals surface area contributed by atoms with Crippen LogP contribution in [0.1, 0.15) is 36.8 Å². The van der Waals surface area contributed by atoms with E-state index in [0.717, 1.165) is 19.1 Å². The fraction of sp³-hybridized carbons (Fsp3) is 0.333. The van der Waals surface area contributed by atoms with Gasteiger partial charge in [-0.05, 0) is 48.3 Å². The van der Waals surface area contributed by atoms with Gasteiger partial charge in [-0.2, -0.15) is 0 Å². The molecule has 1 unspecified atom stereocenters. The first-order chi connectivity index (χ1) is 10.9. The van der Waals surface area contributed by atoms with E-state index in [1.807, 2.05) is 6.07 Å². The van der Waals surface area contributed by atoms with E-state index >= 15 is 0 Å². The molecule has 0 fully saturated rings. The molecule has 0 aromatic heterocycles. The zero-order valence-corrected chi connectivity index (χ0v) is 13.1. The Balaban J connectivity index is 1.40. The van der Waals surface area contributed by atoms with Crippen molar-refractivity contribution in [2.75, 3.05) is 6.61 Å². The molecular weight excluding hydrogens is 268 g/mol. The van der Waals surface area contributed by atoms with Gasteiger partial charge in [-0.1, -0.05) is 66.7 Å². The Hall–Kier alpha value is -1.86. The largest absolute Gasteiger partial charge is 0.377 e. The van der Waals surface area contributed by atoms with Gasteiger partial charge in [0.05, 0.1) is 6.61 Å². The number of rotatable bonds is 6. The van der Waals surface area contributed by atoms with Gasteiger partial charge in [0.1, 0.15) is 0 Å². The number of allylic oxidation sites excluding steroid dienone is 2. The Morgan fingerprint density at radius 2 is 1.64 bits per heavy atom. The van der Waals surface area contributed by atoms with Crippen LogP contribution < -0.4 is 0 Å². The molecule has 0 saturated carbocycles. The highest BCUT2D eigenvalue weighted by atomic mass is 16.5. The number of ether oxygens (including phenoxy) is 1. The molecule has 0 bridgehead atoms. The summed E-state index contributed by atoms with van der Waals surface area (Å²) in [5.74, 6) is 0.781. The smallest absolute Gasteiger partial charge is 0.0716 e. The van der Waals surface area contributed by atoms with Gasteiger partial charge in [-0.3, -0.25) is 0 Å². The van der Waals surface area contributed by atoms with Crippen LogP contribution in [0.25, 0.3) is 5.57 Å². The topological polar surface area (TPSA) is 9.23 Å². The highest BCUT2D eigenvalue weighted by molar-refractivity contribution is 5.66. The third kappa shape index (κ3) is 4.32. The van der Waals surface area contributed by atoms with Gasteiger partial charge in [-0.15, -0.1) is 0 Å². The summed E-state index contributed by atoms with van der Waals surface area (Å²) < 4.78 is 5.81. The third-order valence-electron chi connectivity index (χ3n) is 4.45. The minimum atomic E-state index is 0.735. The van der Waals surface area contributed by atoms with Crippen molar-refractivity contribution in [1.82, 2.24) is 0 Å². The van der Waals surface area contributed by atoms with Crippen LogP contribution in [0.2, 0.25) is 0 Å². The summed E-state index contributed by atoms with van der Waals surface area (Å²) in [5.41, 5.74) is 4.17. The van der Waals surface area contributed by atoms with Gasteiger partial charge in [0.25, 0.3) is 0 Å². The van der Waals surface area contributed by atoms with E-state index in [0.29, 0.717) is 0 Å². The molecule has 0 N–H and O–H groups in total. The van der Waals surface area contributed by atoms with E-state index in [1.165, 1.54) is 42.4 Å². The summed E-state index contributed by atoms with van der Waals surface area (Å²) in [6.07, 6.45) is 7.29. The van der Waals surface area contributed by atoms with Crippen molar-refractivity contribution in [3.8, 4) is 0 Å². The van der Waals surface area contributed by atoms with Gasteiger partial charge >= 0.3 is 0 Å². The van der Waals surface area contributed by atoms with Crippen LogP contribution in [0.5, 0.6) is 0 Å². The van der Waals surface area contributed by atoms with Crippen molar-refractivity contribution in [3.63, 3.8) is 0 Å². The maximum atomic E-state index is 5.81. The van der Waals surface area contributed by atoms with Crippen LogP contribution in [0.3, 0.4) is 0 Å². The molecule has 1 nitrogen and oxygen atoms in total. The molecular formula is C21H24O. The minimum Gasteiger partial charge on any atom is -0.377 e. The Kier molecular flexibility index (Phi) is 5.44. The lowest BCUT2D eigenvalue weighted by atomic mass is 9.85. The van der Waals surface area contributed by atoms with Gasteiger partial charge in [0.15, 0.2) is 0 Å². The molecule has 1 atom stereocenters. The molecule has 114 valence electrons. The lowest BCUT2D eigenvalue weighted by Gasteiger charge is -2.22. The monoisotopic (exact) mass is 292 g/mol. The first kappa shape index (κ1) is 15.1. The van der Waals surface area contributed by atoms with E-state index in [-0.39, 0.29) is 0 Å². The van der Waals surface area contributed by atoms with Gasteiger partial charge in [0, 0.05) is 6.61 Å². The molecule has 1 heteroatoms. The quantitative estimate of drug-likeness (QED) is 0.641. The SMILES string of the molecule is C1=C(c2ccccc2)CCC(CCOCc2ccccc2)C1. The summed E-state index contributed by atoms with van der Waals surface area (Å²) in [6.45, 7) is 1.60. The molecule has 0 amide bonds. The second-order valence-electron chi connectivity index (χ2n) is 6.06. The predicted molar refractivity (Wildman–Crippen MR) is 92.5 cm³/mol. The van der Waals surface area contributed by atoms with Crippen molar-refractivity contribution in [3.05, 3.63) is 77.9 Å². The lowest BCUT2D eigenvalue weighted by Crippen LogP contribution is -2.09. The maximum Gasteiger partial charge on any atom is 0.0716 e. The second-order valence-corrected chi connectivity index (χ2v) is 6.06. The van der Waals surface area contributed by atoms with E-state index in [9.17, 15) is 0 Å². The van der Waals surface area contributed by atoms with Crippen molar-refractivity contribution in [1.29, 1.82) is 0 Å². The van der Waals surface area contributed by atoms with Crippen LogP contribution in [-0.2, 0) is 11.3 Å². The van der Waals surface area contributed by atoms with E-state index < -0.39 is 0 Å². The summed E-state index contributed by atoms with van der Waals surface area (Å²) in [5, 5.41) is 0. The van der Waals surface area contributed by atoms with Crippen LogP contribution in [0, 0.1) is 5.92 Å². The molecule has 0 aliphatic heterocycles. The first-order valence-corrected chi connectivity index (χ1v) is 8.28. The van der Waals surface area contributed by atoms with Gasteiger partial charge in [0.2, 0.25) is 0 Å². The van der Waals surface area contributed by atoms with E-state index in [1.54, 1.807) is 0 Å². The van der Waals surface area contributed by atoms with Crippen molar-refractivity contribution in [2.24, 2.45) is 5.92 Å². The average Bonchev–Trinajstić information content (AvgIpc) is 2.61. The highest BCUT2D eigenvalue weighted by Gasteiger charge is 2.15. The molecule has 1 aliphatic carbocycles. The molecule has 3 rings (SSSR count). The minimum absolute atomic E-state index is 0.735. The molecule has 0 radical (unpaired) electrons. The molecule has 1 aliphatic rings. The van der Waals surface area contributed by atoms with Crippen molar-refractivity contribution < 1.29 is 4.74 Å². The van der Waals surface area contributed by atoms with Crippen LogP contribution in [0.15, 0.2) is 66.7 Å². The third-order valence-corrected chi connectivity index (χ3v) is 4.45. The standard InChI is InChI=1S/C21H24O/c1-3-7-19(8-4-1)17-22-16-15-18-11-13-21(14-12-18)20-9-5-2-6-10-20/h1-10,13,18H,11-12,14-17H2. The molecule has 2 aromatic rings. The van der Waals surface area contributed by atoms with Crippen LogP contribution in [0.4, 0.5) is 0 Å². The molecule has 0 spiro atoms. The summed E-state index contributed by atoms with van der Waals surface area (Å²) in [6, 6.07) is 21.2. The Morgan fingerprint density at radius 1 is 0.909 bits per heavy atom. The molecule has 2 aromatic carbocycles. The molecule has 0 heterocycles. The van der Waals surface area contributed by atoms with Crippen molar-refractivity contribution >= 4 is 5.57 Å². The summed E-state index contributed by atoms with van der Waals surface area (Å²) >= 11 is 0. The fourth-order valence-electron chi connectivity index (χ4n) is 3.08. The molecule has 22 heavy (non-hydrogen) atoms. The van der Waals surface area contributed by atoms with Gasteiger partial charge in [-0.25, -0.2) is 0 Å². The summed E-state index contributed by atoms with van der Waals surface area (Å²) in [4.78, 5) is 0. The summed E-state index contributed by atoms with van der Waals surface area (Å²) in [7, 11) is 0. The second kappa shape index (κ2) is 7.95. The van der Waals surface area contributed by atoms with E-state index in [4.69, 9.17) is 4.74 Å². The highest BCUT2D eigenvalue weighted by Crippen LogP contribution is 2.31. The number of hydrogen-bond donors (Lipinski definition) is 0. The number of benzene rings is 2.